The van der Waals surface area contributed by atoms with E-state index in [1.54, 1.807) is 0 Å². The molecular weight excluding hydrogens is 849 g/mol. The molecule has 1 nitrogen and oxygen atoms in total. The lowest BCUT2D eigenvalue weighted by Crippen LogP contribution is -2.81. The quantitative estimate of drug-likeness (QED) is 0.0312. The van der Waals surface area contributed by atoms with Gasteiger partial charge in [0.2, 0.25) is 0 Å². The number of halogens is 20. The predicted octanol–water partition coefficient (Wildman–Crippen LogP) is 9.18. The highest BCUT2D eigenvalue weighted by Crippen LogP contribution is 2.30. The van der Waals surface area contributed by atoms with Gasteiger partial charge in [0.05, 0.1) is 0 Å². The van der Waals surface area contributed by atoms with Crippen LogP contribution in [0.4, 0.5) is 87.8 Å². The van der Waals surface area contributed by atoms with Crippen LogP contribution >= 0.6 is 0 Å². The van der Waals surface area contributed by atoms with E-state index in [0.29, 0.717) is 0 Å². The SMILES string of the molecule is CCCCCCCC[n+]1ccccc1.Fc1c(F)c(F)c([B-](c2c(F)c(F)c(F)c(F)c2F)(c2c(F)c(F)c(F)c(F)c2F)c2c(F)c(F)c(F)c(F)c2F)c(F)c1F. The molecule has 0 amide bonds. The van der Waals surface area contributed by atoms with E-state index in [1.807, 2.05) is 0 Å². The normalized spacial score (nSPS) is 11.6. The molecule has 0 aliphatic rings. The molecule has 0 aliphatic carbocycles. The van der Waals surface area contributed by atoms with Gasteiger partial charge in [-0.1, -0.05) is 38.7 Å². The van der Waals surface area contributed by atoms with Crippen LogP contribution < -0.4 is 26.4 Å². The molecule has 0 spiro atoms. The van der Waals surface area contributed by atoms with Gasteiger partial charge in [-0.15, -0.1) is 21.9 Å². The zero-order chi connectivity index (χ0) is 44.4. The van der Waals surface area contributed by atoms with Crippen LogP contribution in [0.25, 0.3) is 0 Å². The molecule has 1 aromatic heterocycles. The van der Waals surface area contributed by atoms with Gasteiger partial charge in [0.1, 0.15) is 59.2 Å². The van der Waals surface area contributed by atoms with Crippen molar-refractivity contribution in [3.8, 4) is 0 Å². The molecule has 0 fully saturated rings. The molecule has 318 valence electrons. The Balaban J connectivity index is 0.000000464. The molecule has 4 aromatic carbocycles. The number of benzene rings is 4. The summed E-state index contributed by atoms with van der Waals surface area (Å²) < 4.78 is 296. The van der Waals surface area contributed by atoms with Crippen molar-refractivity contribution in [3.63, 3.8) is 0 Å². The number of aryl methyl sites for hydroxylation is 1. The Morgan fingerprint density at radius 2 is 0.525 bits per heavy atom. The molecule has 1 heterocycles. The number of hydrogen-bond acceptors (Lipinski definition) is 0. The second kappa shape index (κ2) is 18.3. The highest BCUT2D eigenvalue weighted by Gasteiger charge is 2.52. The first-order valence-corrected chi connectivity index (χ1v) is 16.8. The fourth-order valence-electron chi connectivity index (χ4n) is 6.53. The highest BCUT2D eigenvalue weighted by molar-refractivity contribution is 7.20. The van der Waals surface area contributed by atoms with E-state index in [4.69, 9.17) is 0 Å². The molecule has 0 atom stereocenters. The fraction of sp³-hybridized carbons (Fsp3) is 0.216. The topological polar surface area (TPSA) is 3.88 Å². The molecule has 0 bridgehead atoms. The Morgan fingerprint density at radius 3 is 0.780 bits per heavy atom. The number of aromatic nitrogens is 1. The molecule has 0 N–H and O–H groups in total. The monoisotopic (exact) mass is 871 g/mol. The standard InChI is InChI=1S/C24BF20.C13H22N/c26-5-1(6(27)14(35)21(42)13(5)34)25(2-7(28)15(36)22(43)16(37)8(2)29,3-9(30)17(38)23(44)18(39)10(3)31)4-11(32)19(40)24(45)20(41)12(4)33;1-2-3-4-5-6-8-11-14-12-9-7-10-13-14/h;7,9-10,12-13H,2-6,8,11H2,1H3/q-1;+1. The molecule has 0 unspecified atom stereocenters. The highest BCUT2D eigenvalue weighted by atomic mass is 19.2. The van der Waals surface area contributed by atoms with Crippen LogP contribution in [0.5, 0.6) is 0 Å². The van der Waals surface area contributed by atoms with Crippen molar-refractivity contribution < 1.29 is 92.4 Å². The van der Waals surface area contributed by atoms with E-state index in [2.05, 4.69) is 42.1 Å². The van der Waals surface area contributed by atoms with Gasteiger partial charge in [-0.05, 0) is 6.42 Å². The molecule has 0 aliphatic heterocycles. The van der Waals surface area contributed by atoms with Gasteiger partial charge >= 0.3 is 0 Å². The van der Waals surface area contributed by atoms with Gasteiger partial charge in [-0.2, -0.15) is 0 Å². The average molecular weight is 871 g/mol. The van der Waals surface area contributed by atoms with Crippen LogP contribution in [-0.2, 0) is 6.54 Å². The zero-order valence-electron chi connectivity index (χ0n) is 29.4. The number of hydrogen-bond donors (Lipinski definition) is 0. The second-order valence-corrected chi connectivity index (χ2v) is 12.7. The van der Waals surface area contributed by atoms with E-state index >= 15 is 35.1 Å². The summed E-state index contributed by atoms with van der Waals surface area (Å²) >= 11 is 0. The molecule has 0 saturated heterocycles. The van der Waals surface area contributed by atoms with Crippen molar-refractivity contribution in [2.45, 2.75) is 52.0 Å². The summed E-state index contributed by atoms with van der Waals surface area (Å²) in [4.78, 5) is 0. The summed E-state index contributed by atoms with van der Waals surface area (Å²) in [6.07, 6.45) is 5.33. The number of nitrogens with zero attached hydrogens (tertiary/aromatic N) is 1. The maximum atomic E-state index is 15.4. The predicted molar refractivity (Wildman–Crippen MR) is 169 cm³/mol. The number of unbranched alkanes of at least 4 members (excludes halogenated alkanes) is 5. The van der Waals surface area contributed by atoms with E-state index in [9.17, 15) is 52.7 Å². The molecule has 0 radical (unpaired) electrons. The summed E-state index contributed by atoms with van der Waals surface area (Å²) in [5.74, 6) is -71.4. The first-order valence-electron chi connectivity index (χ1n) is 16.8. The van der Waals surface area contributed by atoms with Crippen molar-refractivity contribution in [1.29, 1.82) is 0 Å². The van der Waals surface area contributed by atoms with Gasteiger partial charge in [-0.3, -0.25) is 0 Å². The lowest BCUT2D eigenvalue weighted by Gasteiger charge is -2.44. The molecule has 59 heavy (non-hydrogen) atoms. The third kappa shape index (κ3) is 7.93. The van der Waals surface area contributed by atoms with Crippen LogP contribution in [0.15, 0.2) is 30.6 Å². The lowest BCUT2D eigenvalue weighted by molar-refractivity contribution is -0.697. The Kier molecular flexibility index (Phi) is 14.4. The second-order valence-electron chi connectivity index (χ2n) is 12.7. The van der Waals surface area contributed by atoms with E-state index < -0.39 is 144 Å². The lowest BCUT2D eigenvalue weighted by atomic mass is 9.12. The minimum Gasteiger partial charge on any atom is -0.207 e. The summed E-state index contributed by atoms with van der Waals surface area (Å²) in [5.41, 5.74) is -14.3. The third-order valence-electron chi connectivity index (χ3n) is 9.25. The largest absolute Gasteiger partial charge is 0.207 e. The summed E-state index contributed by atoms with van der Waals surface area (Å²) in [5, 5.41) is 0. The Bertz CT molecular complexity index is 2010. The minimum absolute atomic E-state index is 1.17. The molecule has 5 rings (SSSR count). The summed E-state index contributed by atoms with van der Waals surface area (Å²) in [7, 11) is 0. The van der Waals surface area contributed by atoms with Crippen molar-refractivity contribution in [1.82, 2.24) is 0 Å². The van der Waals surface area contributed by atoms with Crippen molar-refractivity contribution in [2.24, 2.45) is 0 Å². The molecular formula is C37H22BF20N. The molecule has 0 saturated carbocycles. The van der Waals surface area contributed by atoms with Gasteiger partial charge in [0.15, 0.2) is 82.2 Å². The Labute approximate surface area is 319 Å². The van der Waals surface area contributed by atoms with Gasteiger partial charge < -0.3 is 0 Å². The van der Waals surface area contributed by atoms with E-state index in [1.165, 1.54) is 45.1 Å². The first-order chi connectivity index (χ1) is 27.6. The third-order valence-corrected chi connectivity index (χ3v) is 9.25. The number of rotatable bonds is 11. The van der Waals surface area contributed by atoms with Crippen LogP contribution in [0.2, 0.25) is 0 Å². The maximum Gasteiger partial charge on any atom is 0.200 e. The van der Waals surface area contributed by atoms with Gasteiger partial charge in [-0.25, -0.2) is 92.4 Å². The maximum absolute atomic E-state index is 15.4. The van der Waals surface area contributed by atoms with Crippen LogP contribution in [0.1, 0.15) is 45.4 Å². The van der Waals surface area contributed by atoms with Crippen molar-refractivity contribution in [3.05, 3.63) is 147 Å². The van der Waals surface area contributed by atoms with Crippen molar-refractivity contribution >= 4 is 28.0 Å². The van der Waals surface area contributed by atoms with Gasteiger partial charge in [0.25, 0.3) is 0 Å². The fourth-order valence-corrected chi connectivity index (χ4v) is 6.53. The number of pyridine rings is 1. The van der Waals surface area contributed by atoms with Crippen LogP contribution in [0.3, 0.4) is 0 Å². The smallest absolute Gasteiger partial charge is 0.200 e. The zero-order valence-corrected chi connectivity index (χ0v) is 29.4. The summed E-state index contributed by atoms with van der Waals surface area (Å²) in [6.45, 7) is 3.44. The Morgan fingerprint density at radius 1 is 0.305 bits per heavy atom. The van der Waals surface area contributed by atoms with Crippen molar-refractivity contribution in [2.75, 3.05) is 0 Å². The first kappa shape index (κ1) is 46.4. The molecule has 22 heteroatoms. The average Bonchev–Trinajstić information content (AvgIpc) is 3.22. The van der Waals surface area contributed by atoms with Crippen LogP contribution in [-0.4, -0.2) is 6.15 Å². The minimum atomic E-state index is -7.22. The van der Waals surface area contributed by atoms with Crippen LogP contribution in [0, 0.1) is 116 Å². The Hall–Kier alpha value is -5.31. The molecule has 5 aromatic rings. The summed E-state index contributed by atoms with van der Waals surface area (Å²) in [6, 6.07) is 6.26. The van der Waals surface area contributed by atoms with E-state index in [0.717, 1.165) is 0 Å². The van der Waals surface area contributed by atoms with E-state index in [-0.39, 0.29) is 0 Å². The van der Waals surface area contributed by atoms with Gasteiger partial charge in [0, 0.05) is 18.6 Å².